The monoisotopic (exact) mass is 462 g/mol. The Hall–Kier alpha value is -3.05. The lowest BCUT2D eigenvalue weighted by molar-refractivity contribution is -0.136. The van der Waals surface area contributed by atoms with Crippen molar-refractivity contribution < 1.29 is 27.4 Å². The van der Waals surface area contributed by atoms with Crippen molar-refractivity contribution in [3.8, 4) is 5.75 Å². The zero-order valence-corrected chi connectivity index (χ0v) is 18.4. The van der Waals surface area contributed by atoms with E-state index in [0.29, 0.717) is 17.7 Å². The summed E-state index contributed by atoms with van der Waals surface area (Å²) in [7, 11) is -3.77. The Labute approximate surface area is 184 Å². The maximum atomic E-state index is 13.9. The molecule has 32 heavy (non-hydrogen) atoms. The molecule has 0 radical (unpaired) electrons. The van der Waals surface area contributed by atoms with Crippen LogP contribution in [-0.2, 0) is 21.2 Å². The van der Waals surface area contributed by atoms with E-state index in [1.807, 2.05) is 13.8 Å². The summed E-state index contributed by atoms with van der Waals surface area (Å²) in [6.07, 6.45) is -0.341. The molecule has 0 spiro atoms. The minimum atomic E-state index is -3.77. The topological polar surface area (TPSA) is 115 Å². The van der Waals surface area contributed by atoms with Crippen molar-refractivity contribution in [2.24, 2.45) is 5.92 Å². The number of halogens is 1. The molecule has 1 saturated heterocycles. The van der Waals surface area contributed by atoms with Gasteiger partial charge in [0.25, 0.3) is 0 Å². The lowest BCUT2D eigenvalue weighted by Gasteiger charge is -2.17. The molecule has 3 heterocycles. The minimum Gasteiger partial charge on any atom is -0.494 e. The number of carboxylic acids is 1. The Morgan fingerprint density at radius 3 is 2.59 bits per heavy atom. The maximum absolute atomic E-state index is 13.9. The van der Waals surface area contributed by atoms with Crippen LogP contribution in [0.2, 0.25) is 0 Å². The molecule has 9 nitrogen and oxygen atoms in total. The van der Waals surface area contributed by atoms with Gasteiger partial charge < -0.3 is 9.84 Å². The second kappa shape index (κ2) is 8.47. The third-order valence-corrected chi connectivity index (χ3v) is 7.39. The van der Waals surface area contributed by atoms with Gasteiger partial charge >= 0.3 is 5.97 Å². The molecule has 1 aliphatic heterocycles. The van der Waals surface area contributed by atoms with Gasteiger partial charge in [-0.2, -0.15) is 18.8 Å². The standard InChI is InChI=1S/C21H23FN4O5S/c1-3-31-14-4-6-15(7-5-14)32(29,30)25-11-13(2)18(12-25)26-21-16(8-9-19(22)23-21)17(24-26)10-20(27)28/h4-9,13,18H,3,10-12H2,1-2H3,(H,27,28)/t13-,18+/m1/s1. The van der Waals surface area contributed by atoms with E-state index in [-0.39, 0.29) is 41.7 Å². The van der Waals surface area contributed by atoms with E-state index in [2.05, 4.69) is 10.1 Å². The van der Waals surface area contributed by atoms with Gasteiger partial charge in [0.1, 0.15) is 5.75 Å². The van der Waals surface area contributed by atoms with Crippen LogP contribution in [0.25, 0.3) is 11.0 Å². The van der Waals surface area contributed by atoms with E-state index in [1.165, 1.54) is 27.2 Å². The lowest BCUT2D eigenvalue weighted by Crippen LogP contribution is -2.29. The van der Waals surface area contributed by atoms with Crippen molar-refractivity contribution in [2.45, 2.75) is 31.2 Å². The van der Waals surface area contributed by atoms with Gasteiger partial charge in [-0.3, -0.25) is 4.79 Å². The number of carbonyl (C=O) groups is 1. The molecule has 170 valence electrons. The number of fused-ring (bicyclic) bond motifs is 1. The van der Waals surface area contributed by atoms with E-state index in [0.717, 1.165) is 6.07 Å². The molecule has 2 atom stereocenters. The van der Waals surface area contributed by atoms with Gasteiger partial charge in [0, 0.05) is 18.5 Å². The zero-order valence-electron chi connectivity index (χ0n) is 17.6. The molecular formula is C21H23FN4O5S. The first-order valence-corrected chi connectivity index (χ1v) is 11.6. The van der Waals surface area contributed by atoms with Crippen molar-refractivity contribution in [3.63, 3.8) is 0 Å². The lowest BCUT2D eigenvalue weighted by atomic mass is 10.1. The number of pyridine rings is 1. The summed E-state index contributed by atoms with van der Waals surface area (Å²) in [5.74, 6) is -1.36. The first kappa shape index (κ1) is 22.2. The summed E-state index contributed by atoms with van der Waals surface area (Å²) in [5, 5.41) is 14.0. The SMILES string of the molecule is CCOc1ccc(S(=O)(=O)N2C[C@@H](C)[C@@H](n3nc(CC(=O)O)c4ccc(F)nc43)C2)cc1. The normalized spacial score (nSPS) is 19.5. The number of hydrogen-bond donors (Lipinski definition) is 1. The molecule has 0 aliphatic carbocycles. The van der Waals surface area contributed by atoms with Crippen LogP contribution in [-0.4, -0.2) is 58.3 Å². The second-order valence-electron chi connectivity index (χ2n) is 7.74. The summed E-state index contributed by atoms with van der Waals surface area (Å²) < 4.78 is 48.5. The third kappa shape index (κ3) is 4.05. The van der Waals surface area contributed by atoms with Gasteiger partial charge in [-0.15, -0.1) is 0 Å². The highest BCUT2D eigenvalue weighted by molar-refractivity contribution is 7.89. The Morgan fingerprint density at radius 2 is 1.94 bits per heavy atom. The Kier molecular flexibility index (Phi) is 5.87. The molecule has 4 rings (SSSR count). The van der Waals surface area contributed by atoms with E-state index in [1.54, 1.807) is 12.1 Å². The molecule has 2 aromatic heterocycles. The van der Waals surface area contributed by atoms with Gasteiger partial charge in [-0.1, -0.05) is 6.92 Å². The molecule has 1 fully saturated rings. The number of aromatic nitrogens is 3. The van der Waals surface area contributed by atoms with Gasteiger partial charge in [0.05, 0.1) is 29.7 Å². The number of sulfonamides is 1. The summed E-state index contributed by atoms with van der Waals surface area (Å²) in [5.41, 5.74) is 0.471. The summed E-state index contributed by atoms with van der Waals surface area (Å²) in [4.78, 5) is 15.3. The predicted molar refractivity (Wildman–Crippen MR) is 113 cm³/mol. The van der Waals surface area contributed by atoms with Crippen LogP contribution in [0.1, 0.15) is 25.6 Å². The fraction of sp³-hybridized carbons (Fsp3) is 0.381. The third-order valence-electron chi connectivity index (χ3n) is 5.54. The molecule has 0 amide bonds. The second-order valence-corrected chi connectivity index (χ2v) is 9.68. The fourth-order valence-corrected chi connectivity index (χ4v) is 5.56. The zero-order chi connectivity index (χ0) is 23.0. The molecule has 1 N–H and O–H groups in total. The number of benzene rings is 1. The fourth-order valence-electron chi connectivity index (χ4n) is 4.01. The predicted octanol–water partition coefficient (Wildman–Crippen LogP) is 2.48. The van der Waals surface area contributed by atoms with Gasteiger partial charge in [0.2, 0.25) is 16.0 Å². The number of rotatable bonds is 7. The molecule has 0 saturated carbocycles. The molecule has 0 bridgehead atoms. The summed E-state index contributed by atoms with van der Waals surface area (Å²) >= 11 is 0. The van der Waals surface area contributed by atoms with Crippen molar-refractivity contribution in [3.05, 3.63) is 48.0 Å². The molecule has 1 aliphatic rings. The van der Waals surface area contributed by atoms with Gasteiger partial charge in [-0.05, 0) is 49.2 Å². The van der Waals surface area contributed by atoms with Crippen LogP contribution in [0.5, 0.6) is 5.75 Å². The van der Waals surface area contributed by atoms with E-state index in [4.69, 9.17) is 4.74 Å². The number of hydrogen-bond acceptors (Lipinski definition) is 6. The molecule has 11 heteroatoms. The van der Waals surface area contributed by atoms with Crippen molar-refractivity contribution in [2.75, 3.05) is 19.7 Å². The van der Waals surface area contributed by atoms with Crippen LogP contribution in [0.15, 0.2) is 41.3 Å². The van der Waals surface area contributed by atoms with Crippen LogP contribution in [0.3, 0.4) is 0 Å². The van der Waals surface area contributed by atoms with Crippen molar-refractivity contribution >= 4 is 27.0 Å². The number of nitrogens with zero attached hydrogens (tertiary/aromatic N) is 4. The average Bonchev–Trinajstić information content (AvgIpc) is 3.29. The average molecular weight is 463 g/mol. The van der Waals surface area contributed by atoms with Crippen molar-refractivity contribution in [1.29, 1.82) is 0 Å². The van der Waals surface area contributed by atoms with Crippen LogP contribution < -0.4 is 4.74 Å². The summed E-state index contributed by atoms with van der Waals surface area (Å²) in [6.45, 7) is 4.55. The molecule has 3 aromatic rings. The smallest absolute Gasteiger partial charge is 0.309 e. The van der Waals surface area contributed by atoms with Crippen LogP contribution >= 0.6 is 0 Å². The van der Waals surface area contributed by atoms with E-state index in [9.17, 15) is 22.7 Å². The van der Waals surface area contributed by atoms with Gasteiger partial charge in [-0.25, -0.2) is 13.1 Å². The molecular weight excluding hydrogens is 439 g/mol. The first-order chi connectivity index (χ1) is 15.2. The largest absolute Gasteiger partial charge is 0.494 e. The highest BCUT2D eigenvalue weighted by Crippen LogP contribution is 2.34. The first-order valence-electron chi connectivity index (χ1n) is 10.2. The van der Waals surface area contributed by atoms with Crippen molar-refractivity contribution in [1.82, 2.24) is 19.1 Å². The Bertz CT molecular complexity index is 1260. The quantitative estimate of drug-likeness (QED) is 0.537. The van der Waals surface area contributed by atoms with E-state index < -0.39 is 28.0 Å². The van der Waals surface area contributed by atoms with Crippen LogP contribution in [0, 0.1) is 11.9 Å². The number of aliphatic carboxylic acids is 1. The Morgan fingerprint density at radius 1 is 1.22 bits per heavy atom. The Balaban J connectivity index is 1.66. The number of ether oxygens (including phenoxy) is 1. The molecule has 0 unspecified atom stereocenters. The highest BCUT2D eigenvalue weighted by Gasteiger charge is 2.39. The maximum Gasteiger partial charge on any atom is 0.309 e. The summed E-state index contributed by atoms with van der Waals surface area (Å²) in [6, 6.07) is 8.41. The van der Waals surface area contributed by atoms with Crippen LogP contribution in [0.4, 0.5) is 4.39 Å². The number of carboxylic acid groups (broad SMARTS) is 1. The van der Waals surface area contributed by atoms with E-state index >= 15 is 0 Å². The highest BCUT2D eigenvalue weighted by atomic mass is 32.2. The minimum absolute atomic E-state index is 0.109. The van der Waals surface area contributed by atoms with Gasteiger partial charge in [0.15, 0.2) is 5.65 Å². The molecule has 1 aromatic carbocycles.